The van der Waals surface area contributed by atoms with E-state index in [-0.39, 0.29) is 0 Å². The lowest BCUT2D eigenvalue weighted by Gasteiger charge is -2.10. The van der Waals surface area contributed by atoms with Gasteiger partial charge in [-0.2, -0.15) is 5.26 Å². The Morgan fingerprint density at radius 3 is 2.29 bits per heavy atom. The van der Waals surface area contributed by atoms with Gasteiger partial charge in [0.1, 0.15) is 11.8 Å². The van der Waals surface area contributed by atoms with Gasteiger partial charge in [0.15, 0.2) is 0 Å². The molecule has 0 amide bonds. The second-order valence-corrected chi connectivity index (χ2v) is 3.43. The van der Waals surface area contributed by atoms with Crippen molar-refractivity contribution >= 4 is 23.2 Å². The number of ether oxygens (including phenoxy) is 1. The Labute approximate surface area is 92.0 Å². The lowest BCUT2D eigenvalue weighted by Crippen LogP contribution is -2.08. The highest BCUT2D eigenvalue weighted by Crippen LogP contribution is 2.33. The molecule has 0 bridgehead atoms. The zero-order chi connectivity index (χ0) is 10.7. The Bertz CT molecular complexity index is 364. The third-order valence-electron chi connectivity index (χ3n) is 1.74. The summed E-state index contributed by atoms with van der Waals surface area (Å²) in [6.45, 7) is 0. The summed E-state index contributed by atoms with van der Waals surface area (Å²) in [5.41, 5.74) is 5.94. The molecule has 0 aliphatic rings. The zero-order valence-electron chi connectivity index (χ0n) is 7.42. The van der Waals surface area contributed by atoms with Crippen molar-refractivity contribution in [1.29, 1.82) is 5.26 Å². The van der Waals surface area contributed by atoms with E-state index in [4.69, 9.17) is 38.9 Å². The molecule has 3 nitrogen and oxygen atoms in total. The zero-order valence-corrected chi connectivity index (χ0v) is 8.93. The molecule has 5 heteroatoms. The van der Waals surface area contributed by atoms with E-state index in [0.29, 0.717) is 21.4 Å². The van der Waals surface area contributed by atoms with Crippen LogP contribution in [0.4, 0.5) is 0 Å². The molecule has 14 heavy (non-hydrogen) atoms. The molecule has 1 aromatic rings. The number of halogens is 2. The van der Waals surface area contributed by atoms with Crippen molar-refractivity contribution in [3.8, 4) is 11.8 Å². The van der Waals surface area contributed by atoms with Crippen LogP contribution in [0.1, 0.15) is 11.6 Å². The van der Waals surface area contributed by atoms with E-state index < -0.39 is 6.04 Å². The summed E-state index contributed by atoms with van der Waals surface area (Å²) < 4.78 is 4.95. The minimum atomic E-state index is -0.819. The van der Waals surface area contributed by atoms with Gasteiger partial charge in [-0.05, 0) is 12.1 Å². The number of nitrogens with two attached hydrogens (primary N) is 1. The number of methoxy groups -OCH3 is 1. The van der Waals surface area contributed by atoms with Gasteiger partial charge in [0.25, 0.3) is 0 Å². The highest BCUT2D eigenvalue weighted by molar-refractivity contribution is 6.36. The maximum atomic E-state index is 8.64. The summed E-state index contributed by atoms with van der Waals surface area (Å²) in [5.74, 6) is 0.536. The molecule has 0 spiro atoms. The first-order chi connectivity index (χ1) is 6.60. The SMILES string of the molecule is COc1cc(Cl)c(C(N)C#N)c(Cl)c1. The molecule has 0 radical (unpaired) electrons. The van der Waals surface area contributed by atoms with Crippen molar-refractivity contribution in [3.05, 3.63) is 27.7 Å². The van der Waals surface area contributed by atoms with Crippen molar-refractivity contribution in [3.63, 3.8) is 0 Å². The highest BCUT2D eigenvalue weighted by atomic mass is 35.5. The third kappa shape index (κ3) is 2.10. The number of nitrogens with zero attached hydrogens (tertiary/aromatic N) is 1. The summed E-state index contributed by atoms with van der Waals surface area (Å²) >= 11 is 11.8. The normalized spacial score (nSPS) is 11.9. The van der Waals surface area contributed by atoms with Crippen LogP contribution in [0.2, 0.25) is 10.0 Å². The Balaban J connectivity index is 3.26. The second kappa shape index (κ2) is 4.52. The highest BCUT2D eigenvalue weighted by Gasteiger charge is 2.15. The lowest BCUT2D eigenvalue weighted by molar-refractivity contribution is 0.414. The molecule has 0 heterocycles. The molecule has 0 saturated carbocycles. The maximum Gasteiger partial charge on any atom is 0.121 e. The van der Waals surface area contributed by atoms with Gasteiger partial charge in [0.05, 0.1) is 23.2 Å². The minimum Gasteiger partial charge on any atom is -0.497 e. The summed E-state index contributed by atoms with van der Waals surface area (Å²) in [6.07, 6.45) is 0. The molecule has 2 N–H and O–H groups in total. The van der Waals surface area contributed by atoms with Crippen molar-refractivity contribution in [1.82, 2.24) is 0 Å². The first-order valence-electron chi connectivity index (χ1n) is 3.78. The molecular weight excluding hydrogens is 223 g/mol. The molecule has 0 fully saturated rings. The molecule has 0 aromatic heterocycles. The van der Waals surface area contributed by atoms with Crippen LogP contribution in [0.25, 0.3) is 0 Å². The van der Waals surface area contributed by atoms with Crippen LogP contribution < -0.4 is 10.5 Å². The molecule has 0 saturated heterocycles. The van der Waals surface area contributed by atoms with Crippen LogP contribution in [-0.4, -0.2) is 7.11 Å². The molecule has 1 rings (SSSR count). The van der Waals surface area contributed by atoms with Crippen molar-refractivity contribution in [2.75, 3.05) is 7.11 Å². The fourth-order valence-electron chi connectivity index (χ4n) is 1.04. The summed E-state index contributed by atoms with van der Waals surface area (Å²) in [4.78, 5) is 0. The topological polar surface area (TPSA) is 59.0 Å². The quantitative estimate of drug-likeness (QED) is 0.850. The fourth-order valence-corrected chi connectivity index (χ4v) is 1.74. The van der Waals surface area contributed by atoms with Gasteiger partial charge in [0, 0.05) is 5.56 Å². The van der Waals surface area contributed by atoms with Gasteiger partial charge >= 0.3 is 0 Å². The maximum absolute atomic E-state index is 8.64. The van der Waals surface area contributed by atoms with Gasteiger partial charge in [0.2, 0.25) is 0 Å². The average Bonchev–Trinajstić information content (AvgIpc) is 2.16. The van der Waals surface area contributed by atoms with Crippen molar-refractivity contribution < 1.29 is 4.74 Å². The standard InChI is InChI=1S/C9H8Cl2N2O/c1-14-5-2-6(10)9(7(11)3-5)8(13)4-12/h2-3,8H,13H2,1H3. The molecule has 0 aliphatic carbocycles. The Hall–Kier alpha value is -0.950. The molecule has 0 aliphatic heterocycles. The van der Waals surface area contributed by atoms with Crippen LogP contribution in [0.3, 0.4) is 0 Å². The molecular formula is C9H8Cl2N2O. The summed E-state index contributed by atoms with van der Waals surface area (Å²) in [7, 11) is 1.51. The molecule has 1 unspecified atom stereocenters. The van der Waals surface area contributed by atoms with Gasteiger partial charge < -0.3 is 10.5 Å². The summed E-state index contributed by atoms with van der Waals surface area (Å²) in [5, 5.41) is 9.31. The predicted molar refractivity (Wildman–Crippen MR) is 55.6 cm³/mol. The van der Waals surface area contributed by atoms with Crippen LogP contribution >= 0.6 is 23.2 Å². The fraction of sp³-hybridized carbons (Fsp3) is 0.222. The number of hydrogen-bond acceptors (Lipinski definition) is 3. The Morgan fingerprint density at radius 1 is 1.43 bits per heavy atom. The Kier molecular flexibility index (Phi) is 3.59. The van der Waals surface area contributed by atoms with E-state index in [1.54, 1.807) is 12.1 Å². The summed E-state index contributed by atoms with van der Waals surface area (Å²) in [6, 6.07) is 4.19. The number of nitriles is 1. The second-order valence-electron chi connectivity index (χ2n) is 2.61. The van der Waals surface area contributed by atoms with E-state index in [9.17, 15) is 0 Å². The largest absolute Gasteiger partial charge is 0.497 e. The van der Waals surface area contributed by atoms with E-state index in [1.165, 1.54) is 7.11 Å². The van der Waals surface area contributed by atoms with Crippen LogP contribution in [-0.2, 0) is 0 Å². The van der Waals surface area contributed by atoms with E-state index in [1.807, 2.05) is 6.07 Å². The number of rotatable bonds is 2. The number of hydrogen-bond donors (Lipinski definition) is 1. The van der Waals surface area contributed by atoms with Crippen molar-refractivity contribution in [2.45, 2.75) is 6.04 Å². The van der Waals surface area contributed by atoms with Gasteiger partial charge in [-0.25, -0.2) is 0 Å². The van der Waals surface area contributed by atoms with Crippen LogP contribution in [0.5, 0.6) is 5.75 Å². The predicted octanol–water partition coefficient (Wildman–Crippen LogP) is 2.53. The Morgan fingerprint density at radius 2 is 1.93 bits per heavy atom. The van der Waals surface area contributed by atoms with E-state index in [0.717, 1.165) is 0 Å². The third-order valence-corrected chi connectivity index (χ3v) is 2.36. The molecule has 1 atom stereocenters. The van der Waals surface area contributed by atoms with Crippen LogP contribution in [0.15, 0.2) is 12.1 Å². The van der Waals surface area contributed by atoms with Crippen molar-refractivity contribution in [2.24, 2.45) is 5.73 Å². The van der Waals surface area contributed by atoms with Crippen LogP contribution in [0, 0.1) is 11.3 Å². The molecule has 1 aromatic carbocycles. The first kappa shape index (κ1) is 11.1. The monoisotopic (exact) mass is 230 g/mol. The molecule has 74 valence electrons. The lowest BCUT2D eigenvalue weighted by atomic mass is 10.1. The number of benzene rings is 1. The van der Waals surface area contributed by atoms with Gasteiger partial charge in [-0.1, -0.05) is 23.2 Å². The smallest absolute Gasteiger partial charge is 0.121 e. The van der Waals surface area contributed by atoms with E-state index in [2.05, 4.69) is 0 Å². The minimum absolute atomic E-state index is 0.336. The van der Waals surface area contributed by atoms with E-state index >= 15 is 0 Å². The first-order valence-corrected chi connectivity index (χ1v) is 4.54. The van der Waals surface area contributed by atoms with Gasteiger partial charge in [-0.15, -0.1) is 0 Å². The average molecular weight is 231 g/mol. The van der Waals surface area contributed by atoms with Gasteiger partial charge in [-0.3, -0.25) is 0 Å².